The third-order valence-corrected chi connectivity index (χ3v) is 2.04. The summed E-state index contributed by atoms with van der Waals surface area (Å²) in [4.78, 5) is 32.6. The van der Waals surface area contributed by atoms with Gasteiger partial charge in [0.15, 0.2) is 5.57 Å². The first-order valence-corrected chi connectivity index (χ1v) is 5.06. The van der Waals surface area contributed by atoms with Crippen LogP contribution in [0.2, 0.25) is 0 Å². The van der Waals surface area contributed by atoms with Gasteiger partial charge in [-0.2, -0.15) is 0 Å². The highest BCUT2D eigenvalue weighted by Gasteiger charge is 2.21. The number of carboxylic acids is 2. The van der Waals surface area contributed by atoms with Crippen molar-refractivity contribution in [3.63, 3.8) is 0 Å². The first kappa shape index (κ1) is 14.2. The van der Waals surface area contributed by atoms with Gasteiger partial charge in [-0.3, -0.25) is 0 Å². The second-order valence-corrected chi connectivity index (χ2v) is 3.36. The molecule has 0 aliphatic rings. The maximum absolute atomic E-state index is 11.5. The van der Waals surface area contributed by atoms with Crippen LogP contribution in [0.15, 0.2) is 42.5 Å². The van der Waals surface area contributed by atoms with Gasteiger partial charge in [0.05, 0.1) is 0 Å². The summed E-state index contributed by atoms with van der Waals surface area (Å²) in [6, 6.07) is 6.10. The van der Waals surface area contributed by atoms with Crippen molar-refractivity contribution in [2.75, 3.05) is 0 Å². The van der Waals surface area contributed by atoms with Gasteiger partial charge < -0.3 is 14.9 Å². The SMILES string of the molecule is C=Cc1ccc(OC(=O)C(=CC(=O)O)C(=O)O)cc1. The summed E-state index contributed by atoms with van der Waals surface area (Å²) in [6.45, 7) is 3.55. The van der Waals surface area contributed by atoms with Crippen LogP contribution >= 0.6 is 0 Å². The van der Waals surface area contributed by atoms with Gasteiger partial charge in [-0.1, -0.05) is 24.8 Å². The highest BCUT2D eigenvalue weighted by Crippen LogP contribution is 2.14. The Hall–Kier alpha value is -2.89. The Balaban J connectivity index is 2.90. The summed E-state index contributed by atoms with van der Waals surface area (Å²) in [6.07, 6.45) is 1.86. The van der Waals surface area contributed by atoms with Gasteiger partial charge in [0.1, 0.15) is 5.75 Å². The normalized spacial score (nSPS) is 10.6. The minimum atomic E-state index is -1.67. The molecule has 0 aliphatic carbocycles. The van der Waals surface area contributed by atoms with E-state index in [4.69, 9.17) is 14.9 Å². The number of rotatable bonds is 5. The van der Waals surface area contributed by atoms with Crippen LogP contribution in [0.25, 0.3) is 6.08 Å². The van der Waals surface area contributed by atoms with Crippen LogP contribution in [0, 0.1) is 0 Å². The van der Waals surface area contributed by atoms with E-state index < -0.39 is 23.5 Å². The lowest BCUT2D eigenvalue weighted by Crippen LogP contribution is -2.19. The van der Waals surface area contributed by atoms with Crippen LogP contribution in [0.4, 0.5) is 0 Å². The van der Waals surface area contributed by atoms with Gasteiger partial charge in [-0.15, -0.1) is 0 Å². The van der Waals surface area contributed by atoms with E-state index >= 15 is 0 Å². The summed E-state index contributed by atoms with van der Waals surface area (Å²) in [5.41, 5.74) is -0.167. The highest BCUT2D eigenvalue weighted by molar-refractivity contribution is 6.16. The Bertz CT molecular complexity index is 553. The van der Waals surface area contributed by atoms with Gasteiger partial charge in [0, 0.05) is 6.08 Å². The molecule has 0 atom stereocenters. The van der Waals surface area contributed by atoms with Crippen molar-refractivity contribution in [3.05, 3.63) is 48.1 Å². The number of hydrogen-bond acceptors (Lipinski definition) is 4. The fourth-order valence-electron chi connectivity index (χ4n) is 1.17. The predicted octanol–water partition coefficient (Wildman–Crippen LogP) is 1.33. The number of aliphatic carboxylic acids is 2. The zero-order chi connectivity index (χ0) is 14.4. The van der Waals surface area contributed by atoms with Crippen molar-refractivity contribution < 1.29 is 29.3 Å². The summed E-state index contributed by atoms with van der Waals surface area (Å²) in [5.74, 6) is -4.36. The van der Waals surface area contributed by atoms with E-state index in [0.29, 0.717) is 0 Å². The molecule has 0 radical (unpaired) electrons. The van der Waals surface area contributed by atoms with Crippen molar-refractivity contribution in [2.45, 2.75) is 0 Å². The second kappa shape index (κ2) is 6.15. The number of benzene rings is 1. The van der Waals surface area contributed by atoms with Crippen molar-refractivity contribution in [3.8, 4) is 5.75 Å². The van der Waals surface area contributed by atoms with Gasteiger partial charge in [-0.05, 0) is 17.7 Å². The lowest BCUT2D eigenvalue weighted by atomic mass is 10.2. The van der Waals surface area contributed by atoms with Crippen LogP contribution in [0.1, 0.15) is 5.56 Å². The quantitative estimate of drug-likeness (QED) is 0.273. The van der Waals surface area contributed by atoms with E-state index in [0.717, 1.165) is 5.56 Å². The Labute approximate surface area is 108 Å². The zero-order valence-electron chi connectivity index (χ0n) is 9.70. The van der Waals surface area contributed by atoms with E-state index in [1.54, 1.807) is 18.2 Å². The maximum Gasteiger partial charge on any atom is 0.351 e. The van der Waals surface area contributed by atoms with Crippen LogP contribution in [0.5, 0.6) is 5.75 Å². The van der Waals surface area contributed by atoms with Gasteiger partial charge in [-0.25, -0.2) is 14.4 Å². The maximum atomic E-state index is 11.5. The molecule has 0 heterocycles. The number of carboxylic acid groups (broad SMARTS) is 2. The fourth-order valence-corrected chi connectivity index (χ4v) is 1.17. The minimum absolute atomic E-state index is 0.105. The molecule has 1 aromatic carbocycles. The molecule has 0 unspecified atom stereocenters. The molecule has 0 aliphatic heterocycles. The number of ether oxygens (including phenoxy) is 1. The molecule has 0 fully saturated rings. The molecule has 1 aromatic rings. The number of esters is 1. The summed E-state index contributed by atoms with van der Waals surface area (Å²) in [7, 11) is 0. The lowest BCUT2D eigenvalue weighted by molar-refractivity contribution is -0.140. The van der Waals surface area contributed by atoms with Crippen LogP contribution in [-0.4, -0.2) is 28.1 Å². The topological polar surface area (TPSA) is 101 Å². The van der Waals surface area contributed by atoms with E-state index in [1.807, 2.05) is 0 Å². The van der Waals surface area contributed by atoms with Crippen LogP contribution in [-0.2, 0) is 14.4 Å². The van der Waals surface area contributed by atoms with Crippen molar-refractivity contribution in [2.24, 2.45) is 0 Å². The molecule has 0 amide bonds. The third kappa shape index (κ3) is 4.12. The molecule has 2 N–H and O–H groups in total. The monoisotopic (exact) mass is 262 g/mol. The fraction of sp³-hybridized carbons (Fsp3) is 0. The lowest BCUT2D eigenvalue weighted by Gasteiger charge is -2.04. The third-order valence-electron chi connectivity index (χ3n) is 2.04. The smallest absolute Gasteiger partial charge is 0.351 e. The Morgan fingerprint density at radius 3 is 2.11 bits per heavy atom. The van der Waals surface area contributed by atoms with E-state index in [1.165, 1.54) is 12.1 Å². The summed E-state index contributed by atoms with van der Waals surface area (Å²) >= 11 is 0. The standard InChI is InChI=1S/C13H10O6/c1-2-8-3-5-9(6-4-8)19-13(18)10(12(16)17)7-11(14)15/h2-7H,1H2,(H,14,15)(H,16,17). The van der Waals surface area contributed by atoms with Crippen LogP contribution in [0.3, 0.4) is 0 Å². The molecule has 0 saturated heterocycles. The molecular weight excluding hydrogens is 252 g/mol. The van der Waals surface area contributed by atoms with Gasteiger partial charge >= 0.3 is 17.9 Å². The van der Waals surface area contributed by atoms with Crippen LogP contribution < -0.4 is 4.74 Å². The van der Waals surface area contributed by atoms with E-state index in [9.17, 15) is 14.4 Å². The summed E-state index contributed by atoms with van der Waals surface area (Å²) in [5, 5.41) is 17.2. The number of carbonyl (C=O) groups excluding carboxylic acids is 1. The Morgan fingerprint density at radius 2 is 1.68 bits per heavy atom. The highest BCUT2D eigenvalue weighted by atomic mass is 16.5. The van der Waals surface area contributed by atoms with Gasteiger partial charge in [0.2, 0.25) is 0 Å². The second-order valence-electron chi connectivity index (χ2n) is 3.36. The molecule has 0 spiro atoms. The Kier molecular flexibility index (Phi) is 4.59. The minimum Gasteiger partial charge on any atom is -0.478 e. The van der Waals surface area contributed by atoms with Crippen molar-refractivity contribution in [1.82, 2.24) is 0 Å². The molecule has 6 heteroatoms. The average molecular weight is 262 g/mol. The predicted molar refractivity (Wildman–Crippen MR) is 65.5 cm³/mol. The molecule has 1 rings (SSSR count). The molecule has 6 nitrogen and oxygen atoms in total. The molecule has 0 saturated carbocycles. The molecule has 19 heavy (non-hydrogen) atoms. The summed E-state index contributed by atoms with van der Waals surface area (Å²) < 4.78 is 4.75. The molecule has 0 bridgehead atoms. The molecular formula is C13H10O6. The van der Waals surface area contributed by atoms with Crippen molar-refractivity contribution in [1.29, 1.82) is 0 Å². The first-order chi connectivity index (χ1) is 8.93. The molecule has 98 valence electrons. The largest absolute Gasteiger partial charge is 0.478 e. The van der Waals surface area contributed by atoms with Gasteiger partial charge in [0.25, 0.3) is 0 Å². The van der Waals surface area contributed by atoms with E-state index in [-0.39, 0.29) is 11.8 Å². The molecule has 0 aromatic heterocycles. The Morgan fingerprint density at radius 1 is 1.11 bits per heavy atom. The van der Waals surface area contributed by atoms with Crippen molar-refractivity contribution >= 4 is 24.0 Å². The van der Waals surface area contributed by atoms with E-state index in [2.05, 4.69) is 6.58 Å². The zero-order valence-corrected chi connectivity index (χ0v) is 9.70. The number of carbonyl (C=O) groups is 3. The number of hydrogen-bond donors (Lipinski definition) is 2. The first-order valence-electron chi connectivity index (χ1n) is 5.06. The average Bonchev–Trinajstić information content (AvgIpc) is 2.36.